The lowest BCUT2D eigenvalue weighted by Gasteiger charge is -2.18. The summed E-state index contributed by atoms with van der Waals surface area (Å²) in [5, 5.41) is 1.13. The molecule has 0 bridgehead atoms. The standard InChI is InChI=1S/C15H15ClO4S/c1-15(2,3)20-14(18)11-7-8-5-9(13(17)19-4)6-10(16)12(8)21-11/h5-7H,1-4H3. The molecule has 1 aromatic carbocycles. The van der Waals surface area contributed by atoms with E-state index in [1.165, 1.54) is 24.5 Å². The van der Waals surface area contributed by atoms with Crippen molar-refractivity contribution in [1.29, 1.82) is 0 Å². The zero-order chi connectivity index (χ0) is 15.8. The van der Waals surface area contributed by atoms with Crippen LogP contribution in [0.5, 0.6) is 0 Å². The predicted molar refractivity (Wildman–Crippen MR) is 83.3 cm³/mol. The number of hydrogen-bond acceptors (Lipinski definition) is 5. The maximum Gasteiger partial charge on any atom is 0.348 e. The van der Waals surface area contributed by atoms with Gasteiger partial charge >= 0.3 is 11.9 Å². The van der Waals surface area contributed by atoms with Crippen LogP contribution in [0, 0.1) is 0 Å². The molecule has 4 nitrogen and oxygen atoms in total. The Hall–Kier alpha value is -1.59. The number of rotatable bonds is 2. The number of methoxy groups -OCH3 is 1. The Labute approximate surface area is 131 Å². The summed E-state index contributed by atoms with van der Waals surface area (Å²) in [5.74, 6) is -0.872. The Balaban J connectivity index is 2.44. The summed E-state index contributed by atoms with van der Waals surface area (Å²) < 4.78 is 10.7. The van der Waals surface area contributed by atoms with Crippen molar-refractivity contribution in [2.24, 2.45) is 0 Å². The van der Waals surface area contributed by atoms with E-state index in [4.69, 9.17) is 16.3 Å². The molecule has 112 valence electrons. The highest BCUT2D eigenvalue weighted by molar-refractivity contribution is 7.21. The van der Waals surface area contributed by atoms with Crippen LogP contribution in [0.2, 0.25) is 5.02 Å². The first-order chi connectivity index (χ1) is 9.71. The first-order valence-corrected chi connectivity index (χ1v) is 7.45. The minimum Gasteiger partial charge on any atom is -0.465 e. The number of fused-ring (bicyclic) bond motifs is 1. The third-order valence-electron chi connectivity index (χ3n) is 2.59. The Morgan fingerprint density at radius 2 is 1.81 bits per heavy atom. The molecule has 21 heavy (non-hydrogen) atoms. The highest BCUT2D eigenvalue weighted by atomic mass is 35.5. The fourth-order valence-electron chi connectivity index (χ4n) is 1.77. The first kappa shape index (κ1) is 15.8. The third-order valence-corrected chi connectivity index (χ3v) is 4.17. The van der Waals surface area contributed by atoms with Crippen LogP contribution in [0.25, 0.3) is 10.1 Å². The number of hydrogen-bond donors (Lipinski definition) is 0. The number of carbonyl (C=O) groups excluding carboxylic acids is 2. The third kappa shape index (κ3) is 3.54. The van der Waals surface area contributed by atoms with Crippen LogP contribution >= 0.6 is 22.9 Å². The number of halogens is 1. The van der Waals surface area contributed by atoms with Gasteiger partial charge < -0.3 is 9.47 Å². The molecule has 0 aliphatic heterocycles. The lowest BCUT2D eigenvalue weighted by molar-refractivity contribution is 0.00751. The SMILES string of the molecule is COC(=O)c1cc(Cl)c2sc(C(=O)OC(C)(C)C)cc2c1. The Morgan fingerprint density at radius 3 is 2.38 bits per heavy atom. The number of thiophene rings is 1. The monoisotopic (exact) mass is 326 g/mol. The van der Waals surface area contributed by atoms with Gasteiger partial charge in [-0.05, 0) is 44.4 Å². The summed E-state index contributed by atoms with van der Waals surface area (Å²) in [6.07, 6.45) is 0. The summed E-state index contributed by atoms with van der Waals surface area (Å²) >= 11 is 7.41. The van der Waals surface area contributed by atoms with Crippen LogP contribution in [0.4, 0.5) is 0 Å². The quantitative estimate of drug-likeness (QED) is 0.772. The minimum atomic E-state index is -0.561. The molecule has 0 spiro atoms. The highest BCUT2D eigenvalue weighted by Crippen LogP contribution is 2.34. The van der Waals surface area contributed by atoms with Gasteiger partial charge in [0.15, 0.2) is 0 Å². The van der Waals surface area contributed by atoms with Crippen LogP contribution in [-0.4, -0.2) is 24.6 Å². The van der Waals surface area contributed by atoms with Crippen LogP contribution in [0.3, 0.4) is 0 Å². The lowest BCUT2D eigenvalue weighted by Crippen LogP contribution is -2.23. The number of carbonyl (C=O) groups is 2. The molecule has 1 heterocycles. The van der Waals surface area contributed by atoms with Crippen molar-refractivity contribution in [2.45, 2.75) is 26.4 Å². The van der Waals surface area contributed by atoms with E-state index in [1.54, 1.807) is 32.9 Å². The van der Waals surface area contributed by atoms with Crippen molar-refractivity contribution < 1.29 is 19.1 Å². The van der Waals surface area contributed by atoms with Crippen molar-refractivity contribution in [1.82, 2.24) is 0 Å². The molecule has 0 aliphatic rings. The van der Waals surface area contributed by atoms with E-state index in [9.17, 15) is 9.59 Å². The van der Waals surface area contributed by atoms with E-state index in [2.05, 4.69) is 4.74 Å². The van der Waals surface area contributed by atoms with Crippen molar-refractivity contribution in [3.63, 3.8) is 0 Å². The van der Waals surface area contributed by atoms with Gasteiger partial charge in [0.05, 0.1) is 22.4 Å². The predicted octanol–water partition coefficient (Wildman–Crippen LogP) is 4.30. The van der Waals surface area contributed by atoms with Gasteiger partial charge in [-0.2, -0.15) is 0 Å². The van der Waals surface area contributed by atoms with Crippen LogP contribution in [-0.2, 0) is 9.47 Å². The van der Waals surface area contributed by atoms with Crippen molar-refractivity contribution >= 4 is 45.0 Å². The molecule has 0 radical (unpaired) electrons. The zero-order valence-corrected chi connectivity index (χ0v) is 13.7. The van der Waals surface area contributed by atoms with Crippen LogP contribution in [0.1, 0.15) is 40.8 Å². The van der Waals surface area contributed by atoms with E-state index in [-0.39, 0.29) is 0 Å². The van der Waals surface area contributed by atoms with Gasteiger partial charge in [-0.1, -0.05) is 11.6 Å². The molecule has 1 aromatic heterocycles. The van der Waals surface area contributed by atoms with E-state index >= 15 is 0 Å². The Kier molecular flexibility index (Phi) is 4.25. The fourth-order valence-corrected chi connectivity index (χ4v) is 3.04. The molecule has 0 unspecified atom stereocenters. The average molecular weight is 327 g/mol. The van der Waals surface area contributed by atoms with Crippen LogP contribution < -0.4 is 0 Å². The summed E-state index contributed by atoms with van der Waals surface area (Å²) in [7, 11) is 1.31. The van der Waals surface area contributed by atoms with Crippen molar-refractivity contribution in [3.05, 3.63) is 33.7 Å². The van der Waals surface area contributed by atoms with E-state index in [0.29, 0.717) is 20.8 Å². The maximum absolute atomic E-state index is 12.1. The first-order valence-electron chi connectivity index (χ1n) is 6.26. The highest BCUT2D eigenvalue weighted by Gasteiger charge is 2.21. The number of benzene rings is 1. The van der Waals surface area contributed by atoms with Crippen LogP contribution in [0.15, 0.2) is 18.2 Å². The Bertz CT molecular complexity index is 712. The van der Waals surface area contributed by atoms with Gasteiger partial charge in [-0.15, -0.1) is 11.3 Å². The van der Waals surface area contributed by atoms with Crippen molar-refractivity contribution in [3.8, 4) is 0 Å². The fraction of sp³-hybridized carbons (Fsp3) is 0.333. The normalized spacial score (nSPS) is 11.5. The molecule has 0 fully saturated rings. The summed E-state index contributed by atoms with van der Waals surface area (Å²) in [6.45, 7) is 5.42. The molecule has 2 aromatic rings. The molecule has 0 atom stereocenters. The van der Waals surface area contributed by atoms with E-state index in [0.717, 1.165) is 4.70 Å². The topological polar surface area (TPSA) is 52.6 Å². The average Bonchev–Trinajstić information content (AvgIpc) is 2.80. The van der Waals surface area contributed by atoms with Gasteiger partial charge in [-0.3, -0.25) is 0 Å². The molecule has 0 saturated heterocycles. The Morgan fingerprint density at radius 1 is 1.14 bits per heavy atom. The molecule has 0 aliphatic carbocycles. The van der Waals surface area contributed by atoms with Crippen molar-refractivity contribution in [2.75, 3.05) is 7.11 Å². The van der Waals surface area contributed by atoms with Gasteiger partial charge in [0.1, 0.15) is 10.5 Å². The molecule has 2 rings (SSSR count). The molecular weight excluding hydrogens is 312 g/mol. The largest absolute Gasteiger partial charge is 0.465 e. The second-order valence-electron chi connectivity index (χ2n) is 5.48. The second kappa shape index (κ2) is 5.66. The van der Waals surface area contributed by atoms with Gasteiger partial charge in [-0.25, -0.2) is 9.59 Å². The maximum atomic E-state index is 12.1. The summed E-state index contributed by atoms with van der Waals surface area (Å²) in [5.41, 5.74) is -0.211. The lowest BCUT2D eigenvalue weighted by atomic mass is 10.1. The van der Waals surface area contributed by atoms with Gasteiger partial charge in [0.25, 0.3) is 0 Å². The minimum absolute atomic E-state index is 0.350. The molecule has 0 saturated carbocycles. The second-order valence-corrected chi connectivity index (χ2v) is 6.94. The van der Waals surface area contributed by atoms with Gasteiger partial charge in [0, 0.05) is 0 Å². The molecule has 0 amide bonds. The van der Waals surface area contributed by atoms with E-state index < -0.39 is 17.5 Å². The summed E-state index contributed by atoms with van der Waals surface area (Å²) in [4.78, 5) is 24.1. The van der Waals surface area contributed by atoms with Gasteiger partial charge in [0.2, 0.25) is 0 Å². The smallest absolute Gasteiger partial charge is 0.348 e. The molecular formula is C15H15ClO4S. The van der Waals surface area contributed by atoms with E-state index in [1.807, 2.05) is 0 Å². The number of esters is 2. The number of ether oxygens (including phenoxy) is 2. The molecule has 0 N–H and O–H groups in total. The zero-order valence-electron chi connectivity index (χ0n) is 12.2. The summed E-state index contributed by atoms with van der Waals surface area (Å²) in [6, 6.07) is 4.86. The molecule has 6 heteroatoms.